The molecule has 1 aliphatic rings. The number of benzene rings is 2. The summed E-state index contributed by atoms with van der Waals surface area (Å²) in [6, 6.07) is 14.1. The van der Waals surface area contributed by atoms with Gasteiger partial charge in [0.15, 0.2) is 17.3 Å². The summed E-state index contributed by atoms with van der Waals surface area (Å²) in [5.41, 5.74) is 2.41. The maximum Gasteiger partial charge on any atom is 0.306 e. The van der Waals surface area contributed by atoms with Gasteiger partial charge in [0.1, 0.15) is 5.76 Å². The van der Waals surface area contributed by atoms with Gasteiger partial charge < -0.3 is 24.1 Å². The molecule has 3 aromatic rings. The monoisotopic (exact) mass is 465 g/mol. The molecular weight excluding hydrogens is 438 g/mol. The number of carbonyl (C=O) groups excluding carboxylic acids is 1. The minimum absolute atomic E-state index is 0.0464. The van der Waals surface area contributed by atoms with Crippen LogP contribution in [-0.2, 0) is 29.0 Å². The number of hydrogen-bond donors (Lipinski definition) is 2. The molecule has 34 heavy (non-hydrogen) atoms. The van der Waals surface area contributed by atoms with E-state index >= 15 is 0 Å². The first-order chi connectivity index (χ1) is 16.4. The largest absolute Gasteiger partial charge is 0.504 e. The minimum atomic E-state index is -0.848. The fourth-order valence-corrected chi connectivity index (χ4v) is 4.31. The van der Waals surface area contributed by atoms with Crippen molar-refractivity contribution in [3.63, 3.8) is 0 Å². The van der Waals surface area contributed by atoms with Gasteiger partial charge in [-0.05, 0) is 35.2 Å². The van der Waals surface area contributed by atoms with Crippen LogP contribution in [0.5, 0.6) is 17.2 Å². The molecule has 0 aliphatic carbocycles. The first-order valence-electron chi connectivity index (χ1n) is 11.0. The lowest BCUT2D eigenvalue weighted by molar-refractivity contribution is -0.140. The number of phenols is 1. The molecule has 8 nitrogen and oxygen atoms in total. The van der Waals surface area contributed by atoms with E-state index in [2.05, 4.69) is 17.0 Å². The van der Waals surface area contributed by atoms with Gasteiger partial charge in [-0.3, -0.25) is 14.5 Å². The van der Waals surface area contributed by atoms with E-state index in [4.69, 9.17) is 13.9 Å². The summed E-state index contributed by atoms with van der Waals surface area (Å²) in [6.45, 7) is 1.89. The molecule has 0 fully saturated rings. The number of fused-ring (bicyclic) bond motifs is 1. The topological polar surface area (TPSA) is 109 Å². The highest BCUT2D eigenvalue weighted by molar-refractivity contribution is 5.71. The normalized spacial score (nSPS) is 14.3. The minimum Gasteiger partial charge on any atom is -0.504 e. The van der Waals surface area contributed by atoms with Gasteiger partial charge in [0, 0.05) is 19.2 Å². The van der Waals surface area contributed by atoms with E-state index in [1.165, 1.54) is 37.5 Å². The van der Waals surface area contributed by atoms with Crippen LogP contribution < -0.4 is 10.2 Å². The number of rotatable bonds is 7. The van der Waals surface area contributed by atoms with Crippen molar-refractivity contribution < 1.29 is 28.9 Å². The highest BCUT2D eigenvalue weighted by Gasteiger charge is 2.28. The fraction of sp³-hybridized carbons (Fsp3) is 0.308. The van der Waals surface area contributed by atoms with Crippen molar-refractivity contribution >= 4 is 5.97 Å². The molecule has 0 saturated carbocycles. The maximum absolute atomic E-state index is 12.6. The molecular formula is C26H27NO7. The van der Waals surface area contributed by atoms with Crippen LogP contribution in [0.2, 0.25) is 0 Å². The van der Waals surface area contributed by atoms with E-state index in [1.807, 2.05) is 12.1 Å². The summed E-state index contributed by atoms with van der Waals surface area (Å²) < 4.78 is 15.9. The third-order valence-corrected chi connectivity index (χ3v) is 6.11. The van der Waals surface area contributed by atoms with Gasteiger partial charge >= 0.3 is 5.97 Å². The van der Waals surface area contributed by atoms with Gasteiger partial charge in [0.05, 0.1) is 33.1 Å². The predicted molar refractivity (Wildman–Crippen MR) is 124 cm³/mol. The lowest BCUT2D eigenvalue weighted by atomic mass is 9.92. The molecule has 1 aromatic heterocycles. The van der Waals surface area contributed by atoms with Crippen molar-refractivity contribution in [1.29, 1.82) is 0 Å². The van der Waals surface area contributed by atoms with Crippen LogP contribution in [0, 0.1) is 0 Å². The SMILES string of the molecule is COC(=O)C[C@H](c1ccc(OC)c(O)c1)c1oc(CN2CCc3ccccc3C2)cc(=O)c1O. The molecule has 2 N–H and O–H groups in total. The molecule has 1 aliphatic heterocycles. The van der Waals surface area contributed by atoms with Crippen LogP contribution in [0.1, 0.15) is 40.5 Å². The number of carbonyl (C=O) groups is 1. The Morgan fingerprint density at radius 2 is 1.88 bits per heavy atom. The molecule has 8 heteroatoms. The van der Waals surface area contributed by atoms with E-state index in [0.717, 1.165) is 13.0 Å². The van der Waals surface area contributed by atoms with E-state index < -0.39 is 23.1 Å². The molecule has 2 heterocycles. The lowest BCUT2D eigenvalue weighted by Crippen LogP contribution is -2.30. The molecule has 4 rings (SSSR count). The average molecular weight is 466 g/mol. The molecule has 1 atom stereocenters. The standard InChI is InChI=1S/C26H27NO7/c1-32-23-8-7-17(11-21(23)28)20(13-24(30)33-2)26-25(31)22(29)12-19(34-26)15-27-10-9-16-5-3-4-6-18(16)14-27/h3-8,11-12,20,28,31H,9-10,13-15H2,1-2H3/t20-/m1/s1. The molecule has 2 aromatic carbocycles. The summed E-state index contributed by atoms with van der Waals surface area (Å²) in [6.07, 6.45) is 0.695. The van der Waals surface area contributed by atoms with Gasteiger partial charge in [0.25, 0.3) is 0 Å². The number of hydrogen-bond acceptors (Lipinski definition) is 8. The summed E-state index contributed by atoms with van der Waals surface area (Å²) in [5.74, 6) is -1.53. The Bertz CT molecular complexity index is 1250. The molecule has 178 valence electrons. The van der Waals surface area contributed by atoms with Gasteiger partial charge in [-0.15, -0.1) is 0 Å². The van der Waals surface area contributed by atoms with E-state index in [1.54, 1.807) is 12.1 Å². The van der Waals surface area contributed by atoms with Crippen molar-refractivity contribution in [1.82, 2.24) is 4.90 Å². The van der Waals surface area contributed by atoms with Gasteiger partial charge in [-0.1, -0.05) is 30.3 Å². The Hall–Kier alpha value is -3.78. The average Bonchev–Trinajstić information content (AvgIpc) is 2.84. The van der Waals surface area contributed by atoms with Crippen molar-refractivity contribution in [3.05, 3.63) is 87.0 Å². The summed E-state index contributed by atoms with van der Waals surface area (Å²) in [7, 11) is 2.68. The van der Waals surface area contributed by atoms with Crippen molar-refractivity contribution in [3.8, 4) is 17.2 Å². The van der Waals surface area contributed by atoms with E-state index in [0.29, 0.717) is 24.4 Å². The highest BCUT2D eigenvalue weighted by Crippen LogP contribution is 2.37. The van der Waals surface area contributed by atoms with Crippen molar-refractivity contribution in [2.24, 2.45) is 0 Å². The quantitative estimate of drug-likeness (QED) is 0.512. The number of methoxy groups -OCH3 is 2. The third kappa shape index (κ3) is 4.92. The lowest BCUT2D eigenvalue weighted by Gasteiger charge is -2.28. The van der Waals surface area contributed by atoms with Crippen LogP contribution >= 0.6 is 0 Å². The highest BCUT2D eigenvalue weighted by atomic mass is 16.5. The van der Waals surface area contributed by atoms with Crippen molar-refractivity contribution in [2.75, 3.05) is 20.8 Å². The Balaban J connectivity index is 1.68. The van der Waals surface area contributed by atoms with E-state index in [-0.39, 0.29) is 23.7 Å². The number of ether oxygens (including phenoxy) is 2. The number of esters is 1. The third-order valence-electron chi connectivity index (χ3n) is 6.11. The summed E-state index contributed by atoms with van der Waals surface area (Å²) in [5, 5.41) is 20.8. The van der Waals surface area contributed by atoms with Crippen molar-refractivity contribution in [2.45, 2.75) is 31.8 Å². The number of aromatic hydroxyl groups is 2. The first-order valence-corrected chi connectivity index (χ1v) is 11.0. The van der Waals surface area contributed by atoms with Gasteiger partial charge in [-0.2, -0.15) is 0 Å². The molecule has 0 unspecified atom stereocenters. The first kappa shape index (κ1) is 23.4. The van der Waals surface area contributed by atoms with Crippen LogP contribution in [0.25, 0.3) is 0 Å². The Kier molecular flexibility index (Phi) is 6.88. The second-order valence-corrected chi connectivity index (χ2v) is 8.28. The zero-order chi connectivity index (χ0) is 24.2. The summed E-state index contributed by atoms with van der Waals surface area (Å²) >= 11 is 0. The van der Waals surface area contributed by atoms with Crippen LogP contribution in [0.3, 0.4) is 0 Å². The molecule has 0 amide bonds. The zero-order valence-corrected chi connectivity index (χ0v) is 19.1. The number of phenolic OH excluding ortho intramolecular Hbond substituents is 1. The Morgan fingerprint density at radius 3 is 2.59 bits per heavy atom. The van der Waals surface area contributed by atoms with Crippen LogP contribution in [0.4, 0.5) is 0 Å². The Morgan fingerprint density at radius 1 is 1.12 bits per heavy atom. The van der Waals surface area contributed by atoms with Gasteiger partial charge in [-0.25, -0.2) is 0 Å². The van der Waals surface area contributed by atoms with E-state index in [9.17, 15) is 19.8 Å². The second kappa shape index (κ2) is 10.0. The molecule has 0 bridgehead atoms. The predicted octanol–water partition coefficient (Wildman–Crippen LogP) is 3.31. The molecule has 0 saturated heterocycles. The fourth-order valence-electron chi connectivity index (χ4n) is 4.31. The van der Waals surface area contributed by atoms with Gasteiger partial charge in [0.2, 0.25) is 11.2 Å². The summed E-state index contributed by atoms with van der Waals surface area (Å²) in [4.78, 5) is 27.0. The zero-order valence-electron chi connectivity index (χ0n) is 19.1. The smallest absolute Gasteiger partial charge is 0.306 e. The van der Waals surface area contributed by atoms with Crippen LogP contribution in [0.15, 0.2) is 57.7 Å². The molecule has 0 radical (unpaired) electrons. The molecule has 0 spiro atoms. The second-order valence-electron chi connectivity index (χ2n) is 8.28. The van der Waals surface area contributed by atoms with Crippen LogP contribution in [-0.4, -0.2) is 41.8 Å². The number of nitrogens with zero attached hydrogens (tertiary/aromatic N) is 1. The maximum atomic E-state index is 12.6. The Labute approximate surface area is 197 Å².